The van der Waals surface area contributed by atoms with Crippen molar-refractivity contribution >= 4 is 57.7 Å². The predicted molar refractivity (Wildman–Crippen MR) is 80.0 cm³/mol. The molecular weight excluding hydrogens is 328 g/mol. The molecule has 114 valence electrons. The van der Waals surface area contributed by atoms with Gasteiger partial charge in [-0.3, -0.25) is 4.79 Å². The van der Waals surface area contributed by atoms with Crippen LogP contribution >= 0.6 is 11.3 Å². The van der Waals surface area contributed by atoms with E-state index >= 15 is 0 Å². The topological polar surface area (TPSA) is 62.2 Å². The summed E-state index contributed by atoms with van der Waals surface area (Å²) in [6, 6.07) is 6.42. The van der Waals surface area contributed by atoms with E-state index in [1.807, 2.05) is 0 Å². The zero-order valence-electron chi connectivity index (χ0n) is 10.8. The van der Waals surface area contributed by atoms with Gasteiger partial charge in [0, 0.05) is 11.1 Å². The van der Waals surface area contributed by atoms with Crippen LogP contribution < -0.4 is 5.32 Å². The number of carbonyl (C=O) groups is 1. The summed E-state index contributed by atoms with van der Waals surface area (Å²) < 4.78 is 37.3. The number of thiazole rings is 1. The first-order valence-electron chi connectivity index (χ1n) is 5.90. The van der Waals surface area contributed by atoms with Gasteiger partial charge in [0.1, 0.15) is 0 Å². The van der Waals surface area contributed by atoms with Gasteiger partial charge >= 0.3 is 41.7 Å². The number of benzene rings is 1. The van der Waals surface area contributed by atoms with Crippen LogP contribution in [0.5, 0.6) is 0 Å². The molecular formula is C13H12F3N2NaO2S. The van der Waals surface area contributed by atoms with Gasteiger partial charge in [-0.05, 0) is 24.6 Å². The summed E-state index contributed by atoms with van der Waals surface area (Å²) in [5, 5.41) is 12.7. The van der Waals surface area contributed by atoms with Crippen LogP contribution in [0.2, 0.25) is 0 Å². The number of hydrogen-bond acceptors (Lipinski definition) is 4. The van der Waals surface area contributed by atoms with Crippen LogP contribution in [0.4, 0.5) is 24.0 Å². The first-order chi connectivity index (χ1) is 9.77. The first-order valence-corrected chi connectivity index (χ1v) is 6.78. The quantitative estimate of drug-likeness (QED) is 0.837. The first kappa shape index (κ1) is 19.0. The Bertz CT molecular complexity index is 643. The van der Waals surface area contributed by atoms with Gasteiger partial charge in [0.05, 0.1) is 5.92 Å². The normalized spacial score (nSPS) is 12.4. The molecule has 0 bridgehead atoms. The zero-order chi connectivity index (χ0) is 15.6. The number of nitrogens with zero attached hydrogens (tertiary/aromatic N) is 1. The van der Waals surface area contributed by atoms with Crippen molar-refractivity contribution in [3.05, 3.63) is 40.9 Å². The van der Waals surface area contributed by atoms with E-state index in [0.29, 0.717) is 11.3 Å². The van der Waals surface area contributed by atoms with Crippen molar-refractivity contribution in [2.24, 2.45) is 0 Å². The van der Waals surface area contributed by atoms with Crippen molar-refractivity contribution in [2.75, 3.05) is 5.32 Å². The Morgan fingerprint density at radius 2 is 1.91 bits per heavy atom. The van der Waals surface area contributed by atoms with Crippen molar-refractivity contribution < 1.29 is 23.1 Å². The van der Waals surface area contributed by atoms with Crippen LogP contribution in [0.3, 0.4) is 0 Å². The van der Waals surface area contributed by atoms with E-state index in [-0.39, 0.29) is 34.7 Å². The molecule has 0 saturated carbocycles. The molecule has 0 aliphatic heterocycles. The molecule has 1 aromatic heterocycles. The van der Waals surface area contributed by atoms with Gasteiger partial charge in [-0.1, -0.05) is 12.1 Å². The Balaban J connectivity index is 0.00000242. The Morgan fingerprint density at radius 3 is 2.36 bits per heavy atom. The summed E-state index contributed by atoms with van der Waals surface area (Å²) in [7, 11) is 0. The third-order valence-corrected chi connectivity index (χ3v) is 3.58. The molecule has 2 aromatic rings. The maximum absolute atomic E-state index is 12.4. The average molecular weight is 340 g/mol. The summed E-state index contributed by atoms with van der Waals surface area (Å²) in [4.78, 5) is 14.3. The van der Waals surface area contributed by atoms with Crippen molar-refractivity contribution in [1.29, 1.82) is 0 Å². The molecule has 0 radical (unpaired) electrons. The summed E-state index contributed by atoms with van der Waals surface area (Å²) in [5.74, 6) is -1.58. The molecule has 1 unspecified atom stereocenters. The molecule has 0 aliphatic carbocycles. The molecule has 0 amide bonds. The number of aliphatic carboxylic acids is 1. The number of alkyl halides is 3. The van der Waals surface area contributed by atoms with Crippen LogP contribution in [0, 0.1) is 0 Å². The number of carboxylic acid groups (broad SMARTS) is 1. The third kappa shape index (κ3) is 4.70. The molecule has 1 aromatic carbocycles. The van der Waals surface area contributed by atoms with E-state index in [4.69, 9.17) is 5.11 Å². The van der Waals surface area contributed by atoms with Crippen molar-refractivity contribution in [3.8, 4) is 0 Å². The van der Waals surface area contributed by atoms with Gasteiger partial charge in [0.15, 0.2) is 10.8 Å². The fourth-order valence-corrected chi connectivity index (χ4v) is 2.32. The van der Waals surface area contributed by atoms with Crippen LogP contribution in [0.15, 0.2) is 29.6 Å². The Morgan fingerprint density at radius 1 is 1.32 bits per heavy atom. The molecule has 9 heteroatoms. The van der Waals surface area contributed by atoms with Gasteiger partial charge in [0.25, 0.3) is 0 Å². The van der Waals surface area contributed by atoms with Gasteiger partial charge in [-0.25, -0.2) is 4.98 Å². The van der Waals surface area contributed by atoms with Gasteiger partial charge in [-0.15, -0.1) is 11.3 Å². The minimum atomic E-state index is -4.46. The number of carboxylic acids is 1. The number of anilines is 2. The molecule has 0 fully saturated rings. The molecule has 1 heterocycles. The zero-order valence-corrected chi connectivity index (χ0v) is 11.6. The van der Waals surface area contributed by atoms with E-state index in [2.05, 4.69) is 10.3 Å². The molecule has 2 rings (SSSR count). The molecule has 1 atom stereocenters. The second kappa shape index (κ2) is 7.45. The van der Waals surface area contributed by atoms with E-state index in [1.165, 1.54) is 0 Å². The molecule has 0 spiro atoms. The maximum atomic E-state index is 12.4. The predicted octanol–water partition coefficient (Wildman–Crippen LogP) is 3.45. The van der Waals surface area contributed by atoms with Gasteiger partial charge < -0.3 is 10.4 Å². The van der Waals surface area contributed by atoms with E-state index in [1.54, 1.807) is 31.2 Å². The van der Waals surface area contributed by atoms with E-state index in [9.17, 15) is 18.0 Å². The Kier molecular flexibility index (Phi) is 6.42. The summed E-state index contributed by atoms with van der Waals surface area (Å²) in [6.45, 7) is 1.56. The summed E-state index contributed by atoms with van der Waals surface area (Å²) >= 11 is 0.850. The Hall–Kier alpha value is -1.09. The number of hydrogen-bond donors (Lipinski definition) is 2. The molecule has 0 saturated heterocycles. The standard InChI is InChI=1S/C13H11F3N2O2S.Na.H/c1-7(11(19)20)8-2-4-9(5-3-8)17-12-18-10(6-21-12)13(14,15)16;;/h2-7H,1H3,(H,17,18)(H,19,20);;. The summed E-state index contributed by atoms with van der Waals surface area (Å²) in [6.07, 6.45) is -4.46. The molecule has 2 N–H and O–H groups in total. The fraction of sp³-hybridized carbons (Fsp3) is 0.231. The molecule has 0 aliphatic rings. The average Bonchev–Trinajstić information content (AvgIpc) is 2.87. The van der Waals surface area contributed by atoms with Crippen LogP contribution in [-0.2, 0) is 11.0 Å². The number of rotatable bonds is 4. The van der Waals surface area contributed by atoms with Crippen molar-refractivity contribution in [2.45, 2.75) is 19.0 Å². The van der Waals surface area contributed by atoms with Crippen molar-refractivity contribution in [3.63, 3.8) is 0 Å². The SMILES string of the molecule is CC(C(=O)O)c1ccc(Nc2nc(C(F)(F)F)cs2)cc1.[NaH]. The third-order valence-electron chi connectivity index (χ3n) is 2.83. The summed E-state index contributed by atoms with van der Waals surface area (Å²) in [5.41, 5.74) is 0.216. The number of aromatic nitrogens is 1. The van der Waals surface area contributed by atoms with Crippen LogP contribution in [0.25, 0.3) is 0 Å². The Labute approximate surface area is 150 Å². The van der Waals surface area contributed by atoms with Gasteiger partial charge in [-0.2, -0.15) is 13.2 Å². The van der Waals surface area contributed by atoms with E-state index in [0.717, 1.165) is 16.7 Å². The van der Waals surface area contributed by atoms with Crippen LogP contribution in [-0.4, -0.2) is 45.6 Å². The molecule has 4 nitrogen and oxygen atoms in total. The van der Waals surface area contributed by atoms with E-state index < -0.39 is 23.8 Å². The number of nitrogens with one attached hydrogen (secondary N) is 1. The monoisotopic (exact) mass is 340 g/mol. The second-order valence-corrected chi connectivity index (χ2v) is 5.20. The van der Waals surface area contributed by atoms with Crippen molar-refractivity contribution in [1.82, 2.24) is 4.98 Å². The number of halogens is 3. The molecule has 22 heavy (non-hydrogen) atoms. The van der Waals surface area contributed by atoms with Crippen LogP contribution in [0.1, 0.15) is 24.1 Å². The van der Waals surface area contributed by atoms with Gasteiger partial charge in [0.2, 0.25) is 0 Å². The minimum absolute atomic E-state index is 0. The second-order valence-electron chi connectivity index (χ2n) is 4.34. The fourth-order valence-electron chi connectivity index (χ4n) is 1.58.